The van der Waals surface area contributed by atoms with Crippen LogP contribution in [0.1, 0.15) is 57.8 Å². The summed E-state index contributed by atoms with van der Waals surface area (Å²) in [5, 5.41) is 7.71. The molecule has 1 unspecified atom stereocenters. The van der Waals surface area contributed by atoms with Crippen molar-refractivity contribution in [2.75, 3.05) is 20.1 Å². The molecule has 1 aliphatic heterocycles. The minimum Gasteiger partial charge on any atom is -0.349 e. The molecule has 0 spiro atoms. The standard InChI is InChI=1S/C30H31FN4O2S/c1-3-26(34-29(36)22-7-8-23-18-32-12-9-19(23)15-22)21-6-4-5-20(16-21)25-17-27(38-28(25)31)30(37)33-24-10-13-35(2)14-11-24/h4-9,12,15-18,24,26H,3,10-11,13-14H2,1-2H3,(H,33,37)(H,34,36). The zero-order chi connectivity index (χ0) is 26.6. The summed E-state index contributed by atoms with van der Waals surface area (Å²) < 4.78 is 15.0. The minimum atomic E-state index is -0.390. The van der Waals surface area contributed by atoms with E-state index in [9.17, 15) is 9.59 Å². The SMILES string of the molecule is CCC(NC(=O)c1ccc2cnccc2c1)c1cccc(-c2cc(C(=O)NC3CCN(C)CC3)sc2F)c1. The van der Waals surface area contributed by atoms with Crippen molar-refractivity contribution in [2.45, 2.75) is 38.3 Å². The van der Waals surface area contributed by atoms with Crippen molar-refractivity contribution in [3.05, 3.63) is 88.1 Å². The van der Waals surface area contributed by atoms with Crippen LogP contribution in [0.15, 0.2) is 67.0 Å². The van der Waals surface area contributed by atoms with Gasteiger partial charge in [-0.15, -0.1) is 11.3 Å². The Bertz CT molecular complexity index is 1460. The second kappa shape index (κ2) is 11.4. The lowest BCUT2D eigenvalue weighted by Crippen LogP contribution is -2.43. The molecule has 4 aromatic rings. The summed E-state index contributed by atoms with van der Waals surface area (Å²) >= 11 is 0.872. The van der Waals surface area contributed by atoms with E-state index in [-0.39, 0.29) is 23.9 Å². The lowest BCUT2D eigenvalue weighted by molar-refractivity contribution is 0.0917. The third-order valence-electron chi connectivity index (χ3n) is 7.18. The summed E-state index contributed by atoms with van der Waals surface area (Å²) in [4.78, 5) is 32.6. The quantitative estimate of drug-likeness (QED) is 0.316. The predicted molar refractivity (Wildman–Crippen MR) is 150 cm³/mol. The topological polar surface area (TPSA) is 74.3 Å². The van der Waals surface area contributed by atoms with Crippen LogP contribution in [0.5, 0.6) is 0 Å². The Labute approximate surface area is 225 Å². The largest absolute Gasteiger partial charge is 0.349 e. The fourth-order valence-corrected chi connectivity index (χ4v) is 5.71. The molecule has 8 heteroatoms. The normalized spacial score (nSPS) is 15.3. The summed E-state index contributed by atoms with van der Waals surface area (Å²) in [6, 6.07) is 16.4. The molecule has 2 aromatic carbocycles. The van der Waals surface area contributed by atoms with E-state index in [0.29, 0.717) is 28.0 Å². The molecule has 2 amide bonds. The fraction of sp³-hybridized carbons (Fsp3) is 0.300. The maximum atomic E-state index is 15.0. The van der Waals surface area contributed by atoms with Gasteiger partial charge >= 0.3 is 0 Å². The number of thiophene rings is 1. The molecule has 6 nitrogen and oxygen atoms in total. The molecule has 1 saturated heterocycles. The summed E-state index contributed by atoms with van der Waals surface area (Å²) in [5.41, 5.74) is 2.53. The van der Waals surface area contributed by atoms with Crippen LogP contribution in [0.2, 0.25) is 0 Å². The second-order valence-electron chi connectivity index (χ2n) is 9.85. The summed E-state index contributed by atoms with van der Waals surface area (Å²) in [6.07, 6.45) is 5.93. The second-order valence-corrected chi connectivity index (χ2v) is 10.8. The van der Waals surface area contributed by atoms with Gasteiger partial charge in [0, 0.05) is 34.9 Å². The number of carbonyl (C=O) groups is 2. The van der Waals surface area contributed by atoms with Crippen molar-refractivity contribution in [3.8, 4) is 11.1 Å². The van der Waals surface area contributed by atoms with Crippen LogP contribution in [-0.4, -0.2) is 47.9 Å². The number of nitrogens with one attached hydrogen (secondary N) is 2. The van der Waals surface area contributed by atoms with Gasteiger partial charge in [-0.05, 0) is 86.2 Å². The highest BCUT2D eigenvalue weighted by Crippen LogP contribution is 2.32. The van der Waals surface area contributed by atoms with Gasteiger partial charge in [0.2, 0.25) is 0 Å². The molecule has 0 bridgehead atoms. The van der Waals surface area contributed by atoms with Crippen LogP contribution in [0, 0.1) is 5.13 Å². The fourth-order valence-electron chi connectivity index (χ4n) is 4.90. The predicted octanol–water partition coefficient (Wildman–Crippen LogP) is 5.81. The average molecular weight is 531 g/mol. The first-order valence-electron chi connectivity index (χ1n) is 12.9. The Morgan fingerprint density at radius 1 is 1.08 bits per heavy atom. The van der Waals surface area contributed by atoms with Gasteiger partial charge in [-0.25, -0.2) is 0 Å². The Kier molecular flexibility index (Phi) is 7.81. The monoisotopic (exact) mass is 530 g/mol. The molecule has 38 heavy (non-hydrogen) atoms. The van der Waals surface area contributed by atoms with Crippen LogP contribution in [-0.2, 0) is 0 Å². The molecule has 1 atom stereocenters. The minimum absolute atomic E-state index is 0.115. The number of hydrogen-bond donors (Lipinski definition) is 2. The van der Waals surface area contributed by atoms with Gasteiger partial charge in [0.05, 0.1) is 10.9 Å². The van der Waals surface area contributed by atoms with Crippen LogP contribution in [0.25, 0.3) is 21.9 Å². The molecule has 5 rings (SSSR count). The van der Waals surface area contributed by atoms with Crippen molar-refractivity contribution in [3.63, 3.8) is 0 Å². The number of halogens is 1. The molecule has 196 valence electrons. The number of fused-ring (bicyclic) bond motifs is 1. The van der Waals surface area contributed by atoms with Gasteiger partial charge in [-0.3, -0.25) is 14.6 Å². The van der Waals surface area contributed by atoms with Crippen LogP contribution >= 0.6 is 11.3 Å². The van der Waals surface area contributed by atoms with Gasteiger partial charge in [0.25, 0.3) is 11.8 Å². The Morgan fingerprint density at radius 2 is 1.89 bits per heavy atom. The number of piperidine rings is 1. The van der Waals surface area contributed by atoms with Crippen molar-refractivity contribution >= 4 is 33.9 Å². The van der Waals surface area contributed by atoms with Crippen LogP contribution < -0.4 is 10.6 Å². The molecule has 0 aliphatic carbocycles. The van der Waals surface area contributed by atoms with Gasteiger partial charge in [-0.2, -0.15) is 4.39 Å². The molecular formula is C30H31FN4O2S. The van der Waals surface area contributed by atoms with Crippen molar-refractivity contribution in [1.29, 1.82) is 0 Å². The van der Waals surface area contributed by atoms with E-state index in [4.69, 9.17) is 0 Å². The van der Waals surface area contributed by atoms with Crippen LogP contribution in [0.3, 0.4) is 0 Å². The lowest BCUT2D eigenvalue weighted by atomic mass is 9.98. The smallest absolute Gasteiger partial charge is 0.261 e. The number of pyridine rings is 1. The van der Waals surface area contributed by atoms with Gasteiger partial charge in [-0.1, -0.05) is 31.2 Å². The number of likely N-dealkylation sites (tertiary alicyclic amines) is 1. The third-order valence-corrected chi connectivity index (χ3v) is 8.10. The molecule has 1 fully saturated rings. The number of hydrogen-bond acceptors (Lipinski definition) is 5. The molecule has 2 N–H and O–H groups in total. The van der Waals surface area contributed by atoms with Crippen LogP contribution in [0.4, 0.5) is 4.39 Å². The molecule has 0 saturated carbocycles. The third kappa shape index (κ3) is 5.76. The first-order chi connectivity index (χ1) is 18.4. The Morgan fingerprint density at radius 3 is 2.68 bits per heavy atom. The zero-order valence-corrected chi connectivity index (χ0v) is 22.4. The van der Waals surface area contributed by atoms with Crippen molar-refractivity contribution < 1.29 is 14.0 Å². The van der Waals surface area contributed by atoms with Gasteiger partial charge in [0.1, 0.15) is 0 Å². The summed E-state index contributed by atoms with van der Waals surface area (Å²) in [5.74, 6) is -0.397. The Balaban J connectivity index is 1.31. The first-order valence-corrected chi connectivity index (χ1v) is 13.8. The van der Waals surface area contributed by atoms with E-state index in [1.54, 1.807) is 24.5 Å². The lowest BCUT2D eigenvalue weighted by Gasteiger charge is -2.29. The van der Waals surface area contributed by atoms with Gasteiger partial charge < -0.3 is 15.5 Å². The van der Waals surface area contributed by atoms with Crippen molar-refractivity contribution in [1.82, 2.24) is 20.5 Å². The summed E-state index contributed by atoms with van der Waals surface area (Å²) in [6.45, 7) is 3.88. The van der Waals surface area contributed by atoms with E-state index >= 15 is 4.39 Å². The molecule has 2 aromatic heterocycles. The highest BCUT2D eigenvalue weighted by molar-refractivity contribution is 7.12. The molecule has 3 heterocycles. The van der Waals surface area contributed by atoms with E-state index in [1.807, 2.05) is 49.4 Å². The van der Waals surface area contributed by atoms with E-state index in [2.05, 4.69) is 27.6 Å². The number of aromatic nitrogens is 1. The van der Waals surface area contributed by atoms with E-state index in [0.717, 1.165) is 53.6 Å². The van der Waals surface area contributed by atoms with Gasteiger partial charge in [0.15, 0.2) is 5.13 Å². The average Bonchev–Trinajstić information content (AvgIpc) is 3.34. The number of benzene rings is 2. The van der Waals surface area contributed by atoms with Crippen molar-refractivity contribution in [2.24, 2.45) is 0 Å². The number of nitrogens with zero attached hydrogens (tertiary/aromatic N) is 2. The maximum Gasteiger partial charge on any atom is 0.261 e. The number of rotatable bonds is 7. The zero-order valence-electron chi connectivity index (χ0n) is 21.5. The first kappa shape index (κ1) is 26.0. The highest BCUT2D eigenvalue weighted by atomic mass is 32.1. The Hall–Kier alpha value is -3.62. The number of carbonyl (C=O) groups excluding carboxylic acids is 2. The highest BCUT2D eigenvalue weighted by Gasteiger charge is 2.22. The van der Waals surface area contributed by atoms with E-state index in [1.165, 1.54) is 0 Å². The molecule has 1 aliphatic rings. The summed E-state index contributed by atoms with van der Waals surface area (Å²) in [7, 11) is 2.07. The molecular weight excluding hydrogens is 499 g/mol. The van der Waals surface area contributed by atoms with E-state index < -0.39 is 5.13 Å². The maximum absolute atomic E-state index is 15.0. The molecule has 0 radical (unpaired) electrons. The number of amides is 2.